The first-order valence-corrected chi connectivity index (χ1v) is 11.5. The first-order valence-electron chi connectivity index (χ1n) is 11.5. The summed E-state index contributed by atoms with van der Waals surface area (Å²) in [7, 11) is 5.99. The number of aliphatic hydroxyl groups excluding tert-OH is 1. The standard InChI is InChI=1S/C28H28N2O7/c1-16-11-19(34-2)8-9-20(16)25(31)23-24(18-12-21(35-3)27(37-5)22(13-18)36-4)30(28(33)26(23)32)15-17-7-6-10-29-14-17/h6-14,24,31H,15H2,1-5H3/b25-23+/t24-/m1/s1. The van der Waals surface area contributed by atoms with Crippen LogP contribution >= 0.6 is 0 Å². The van der Waals surface area contributed by atoms with Crippen LogP contribution in [0.25, 0.3) is 5.76 Å². The highest BCUT2D eigenvalue weighted by Crippen LogP contribution is 2.46. The van der Waals surface area contributed by atoms with E-state index in [1.807, 2.05) is 6.07 Å². The van der Waals surface area contributed by atoms with Gasteiger partial charge in [-0.25, -0.2) is 0 Å². The molecule has 2 aromatic carbocycles. The molecule has 0 radical (unpaired) electrons. The molecule has 1 aromatic heterocycles. The lowest BCUT2D eigenvalue weighted by Crippen LogP contribution is -2.29. The number of methoxy groups -OCH3 is 4. The molecule has 1 saturated heterocycles. The Hall–Kier alpha value is -4.53. The zero-order valence-corrected chi connectivity index (χ0v) is 21.3. The Morgan fingerprint density at radius 2 is 1.68 bits per heavy atom. The van der Waals surface area contributed by atoms with E-state index in [0.29, 0.717) is 39.7 Å². The molecule has 0 saturated carbocycles. The number of benzene rings is 2. The zero-order chi connectivity index (χ0) is 26.7. The molecule has 1 amide bonds. The molecule has 0 spiro atoms. The number of ketones is 1. The Morgan fingerprint density at radius 3 is 2.22 bits per heavy atom. The predicted molar refractivity (Wildman–Crippen MR) is 136 cm³/mol. The largest absolute Gasteiger partial charge is 0.507 e. The summed E-state index contributed by atoms with van der Waals surface area (Å²) in [5, 5.41) is 11.5. The van der Waals surface area contributed by atoms with Crippen molar-refractivity contribution in [2.24, 2.45) is 0 Å². The van der Waals surface area contributed by atoms with Gasteiger partial charge in [0.1, 0.15) is 11.5 Å². The van der Waals surface area contributed by atoms with Crippen LogP contribution in [0.15, 0.2) is 60.4 Å². The van der Waals surface area contributed by atoms with Gasteiger partial charge in [0, 0.05) is 24.5 Å². The molecule has 3 aromatic rings. The third kappa shape index (κ3) is 4.67. The van der Waals surface area contributed by atoms with E-state index in [2.05, 4.69) is 4.98 Å². The molecule has 2 heterocycles. The lowest BCUT2D eigenvalue weighted by atomic mass is 9.93. The van der Waals surface area contributed by atoms with E-state index in [9.17, 15) is 14.7 Å². The van der Waals surface area contributed by atoms with Crippen LogP contribution in [0.2, 0.25) is 0 Å². The first kappa shape index (κ1) is 25.6. The quantitative estimate of drug-likeness (QED) is 0.278. The molecule has 0 aliphatic carbocycles. The summed E-state index contributed by atoms with van der Waals surface area (Å²) in [5.74, 6) is -0.151. The van der Waals surface area contributed by atoms with Gasteiger partial charge in [0.15, 0.2) is 11.5 Å². The van der Waals surface area contributed by atoms with Gasteiger partial charge in [-0.2, -0.15) is 0 Å². The molecule has 1 N–H and O–H groups in total. The number of amides is 1. The van der Waals surface area contributed by atoms with Crippen molar-refractivity contribution < 1.29 is 33.6 Å². The number of aryl methyl sites for hydroxylation is 1. The van der Waals surface area contributed by atoms with Crippen molar-refractivity contribution in [2.75, 3.05) is 28.4 Å². The first-order chi connectivity index (χ1) is 17.8. The minimum Gasteiger partial charge on any atom is -0.507 e. The smallest absolute Gasteiger partial charge is 0.295 e. The summed E-state index contributed by atoms with van der Waals surface area (Å²) in [6.45, 7) is 1.88. The van der Waals surface area contributed by atoms with Gasteiger partial charge in [0.2, 0.25) is 5.75 Å². The number of ether oxygens (including phenoxy) is 4. The van der Waals surface area contributed by atoms with Crippen LogP contribution in [0.4, 0.5) is 0 Å². The number of aliphatic hydroxyl groups is 1. The molecule has 4 rings (SSSR count). The second-order valence-electron chi connectivity index (χ2n) is 8.43. The Balaban J connectivity index is 1.96. The van der Waals surface area contributed by atoms with Gasteiger partial charge >= 0.3 is 0 Å². The number of nitrogens with zero attached hydrogens (tertiary/aromatic N) is 2. The van der Waals surface area contributed by atoms with Crippen LogP contribution < -0.4 is 18.9 Å². The molecule has 1 fully saturated rings. The fourth-order valence-corrected chi connectivity index (χ4v) is 4.51. The predicted octanol–water partition coefficient (Wildman–Crippen LogP) is 4.05. The molecule has 1 atom stereocenters. The molecule has 1 aliphatic rings. The van der Waals surface area contributed by atoms with E-state index in [4.69, 9.17) is 18.9 Å². The van der Waals surface area contributed by atoms with E-state index in [-0.39, 0.29) is 17.9 Å². The SMILES string of the molecule is COc1ccc(/C(O)=C2\C(=O)C(=O)N(Cc3cccnc3)[C@@H]2c2cc(OC)c(OC)c(OC)c2)c(C)c1. The average Bonchev–Trinajstić information content (AvgIpc) is 3.17. The summed E-state index contributed by atoms with van der Waals surface area (Å²) in [6.07, 6.45) is 3.25. The molecule has 0 bridgehead atoms. The zero-order valence-electron chi connectivity index (χ0n) is 21.3. The molecule has 0 unspecified atom stereocenters. The van der Waals surface area contributed by atoms with Crippen molar-refractivity contribution in [3.05, 3.63) is 82.7 Å². The van der Waals surface area contributed by atoms with Crippen LogP contribution in [0.1, 0.15) is 28.3 Å². The van der Waals surface area contributed by atoms with Crippen molar-refractivity contribution >= 4 is 17.4 Å². The highest BCUT2D eigenvalue weighted by molar-refractivity contribution is 6.46. The van der Waals surface area contributed by atoms with Gasteiger partial charge in [-0.1, -0.05) is 6.07 Å². The molecule has 192 valence electrons. The summed E-state index contributed by atoms with van der Waals surface area (Å²) in [5.41, 5.74) is 2.28. The van der Waals surface area contributed by atoms with E-state index in [0.717, 1.165) is 5.56 Å². The highest BCUT2D eigenvalue weighted by Gasteiger charge is 2.46. The summed E-state index contributed by atoms with van der Waals surface area (Å²) in [4.78, 5) is 32.3. The number of Topliss-reactive ketones (excluding diaryl/α,β-unsaturated/α-hetero) is 1. The van der Waals surface area contributed by atoms with Gasteiger partial charge in [-0.05, 0) is 60.0 Å². The van der Waals surface area contributed by atoms with E-state index >= 15 is 0 Å². The van der Waals surface area contributed by atoms with Crippen LogP contribution in [-0.4, -0.2) is 55.1 Å². The van der Waals surface area contributed by atoms with Gasteiger partial charge in [-0.15, -0.1) is 0 Å². The maximum absolute atomic E-state index is 13.4. The van der Waals surface area contributed by atoms with E-state index in [1.54, 1.807) is 62.8 Å². The monoisotopic (exact) mass is 504 g/mol. The van der Waals surface area contributed by atoms with E-state index in [1.165, 1.54) is 26.2 Å². The van der Waals surface area contributed by atoms with Gasteiger partial charge < -0.3 is 29.0 Å². The lowest BCUT2D eigenvalue weighted by molar-refractivity contribution is -0.140. The lowest BCUT2D eigenvalue weighted by Gasteiger charge is -2.26. The third-order valence-corrected chi connectivity index (χ3v) is 6.31. The van der Waals surface area contributed by atoms with E-state index < -0.39 is 17.7 Å². The maximum Gasteiger partial charge on any atom is 0.295 e. The summed E-state index contributed by atoms with van der Waals surface area (Å²) in [6, 6.07) is 11.1. The van der Waals surface area contributed by atoms with Crippen LogP contribution in [0.5, 0.6) is 23.0 Å². The van der Waals surface area contributed by atoms with Crippen molar-refractivity contribution in [1.82, 2.24) is 9.88 Å². The summed E-state index contributed by atoms with van der Waals surface area (Å²) >= 11 is 0. The van der Waals surface area contributed by atoms with Crippen LogP contribution in [0.3, 0.4) is 0 Å². The second kappa shape index (κ2) is 10.6. The van der Waals surface area contributed by atoms with Crippen molar-refractivity contribution in [2.45, 2.75) is 19.5 Å². The number of carbonyl (C=O) groups is 2. The topological polar surface area (TPSA) is 107 Å². The van der Waals surface area contributed by atoms with Crippen molar-refractivity contribution in [3.63, 3.8) is 0 Å². The summed E-state index contributed by atoms with van der Waals surface area (Å²) < 4.78 is 21.7. The number of carbonyl (C=O) groups excluding carboxylic acids is 2. The van der Waals surface area contributed by atoms with Gasteiger partial charge in [0.25, 0.3) is 11.7 Å². The number of rotatable bonds is 8. The molecule has 37 heavy (non-hydrogen) atoms. The molecule has 9 nitrogen and oxygen atoms in total. The number of pyridine rings is 1. The van der Waals surface area contributed by atoms with Crippen LogP contribution in [0, 0.1) is 6.92 Å². The third-order valence-electron chi connectivity index (χ3n) is 6.31. The average molecular weight is 505 g/mol. The van der Waals surface area contributed by atoms with Gasteiger partial charge in [-0.3, -0.25) is 14.6 Å². The Morgan fingerprint density at radius 1 is 0.973 bits per heavy atom. The fraction of sp³-hybridized carbons (Fsp3) is 0.250. The van der Waals surface area contributed by atoms with Gasteiger partial charge in [0.05, 0.1) is 40.1 Å². The molecule has 1 aliphatic heterocycles. The molecular formula is C28H28N2O7. The maximum atomic E-state index is 13.4. The fourth-order valence-electron chi connectivity index (χ4n) is 4.51. The van der Waals surface area contributed by atoms with Crippen molar-refractivity contribution in [3.8, 4) is 23.0 Å². The minimum atomic E-state index is -0.935. The normalized spacial score (nSPS) is 16.6. The number of likely N-dealkylation sites (tertiary alicyclic amines) is 1. The van der Waals surface area contributed by atoms with Crippen molar-refractivity contribution in [1.29, 1.82) is 0 Å². The highest BCUT2D eigenvalue weighted by atomic mass is 16.5. The Labute approximate surface area is 214 Å². The molecule has 9 heteroatoms. The second-order valence-corrected chi connectivity index (χ2v) is 8.43. The Kier molecular flexibility index (Phi) is 7.33. The van der Waals surface area contributed by atoms with Crippen LogP contribution in [-0.2, 0) is 16.1 Å². The number of aromatic nitrogens is 1. The number of hydrogen-bond donors (Lipinski definition) is 1. The molecular weight excluding hydrogens is 476 g/mol. The Bertz CT molecular complexity index is 1340. The minimum absolute atomic E-state index is 0.0450. The number of hydrogen-bond acceptors (Lipinski definition) is 8.